The van der Waals surface area contributed by atoms with Crippen LogP contribution in [0.1, 0.15) is 35.0 Å². The molecule has 37 heavy (non-hydrogen) atoms. The van der Waals surface area contributed by atoms with Gasteiger partial charge >= 0.3 is 5.97 Å². The van der Waals surface area contributed by atoms with Gasteiger partial charge in [0.15, 0.2) is 0 Å². The lowest BCUT2D eigenvalue weighted by Crippen LogP contribution is -2.24. The summed E-state index contributed by atoms with van der Waals surface area (Å²) in [6.07, 6.45) is 2.30. The second kappa shape index (κ2) is 11.1. The Bertz CT molecular complexity index is 1380. The molecular weight excluding hydrogens is 484 g/mol. The third-order valence-corrected chi connectivity index (χ3v) is 7.59. The van der Waals surface area contributed by atoms with Gasteiger partial charge in [-0.3, -0.25) is 0 Å². The molecule has 3 aromatic carbocycles. The van der Waals surface area contributed by atoms with Crippen molar-refractivity contribution in [3.05, 3.63) is 83.6 Å². The molecule has 0 unspecified atom stereocenters. The van der Waals surface area contributed by atoms with Gasteiger partial charge in [-0.15, -0.1) is 5.10 Å². The monoisotopic (exact) mass is 514 g/mol. The molecule has 2 heterocycles. The van der Waals surface area contributed by atoms with E-state index in [0.717, 1.165) is 34.7 Å². The van der Waals surface area contributed by atoms with Crippen molar-refractivity contribution in [2.45, 2.75) is 36.2 Å². The van der Waals surface area contributed by atoms with Gasteiger partial charge in [0.1, 0.15) is 10.8 Å². The first-order chi connectivity index (χ1) is 18.1. The standard InChI is InChI=1S/C29H30N4O3S/c1-4-36-29(34)27-28(33(31-30-27)19-20-7-12-24(35-3)13-8-20)37-25-14-9-21(10-15-25)22-11-16-26-23(18-22)6-5-17-32(26)2/h7-16,18H,4-6,17,19H2,1-3H3. The zero-order chi connectivity index (χ0) is 25.8. The molecule has 0 saturated heterocycles. The van der Waals surface area contributed by atoms with Gasteiger partial charge < -0.3 is 14.4 Å². The Morgan fingerprint density at radius 1 is 1.03 bits per heavy atom. The fourth-order valence-electron chi connectivity index (χ4n) is 4.53. The number of aryl methyl sites for hydroxylation is 1. The van der Waals surface area contributed by atoms with Gasteiger partial charge in [0.05, 0.1) is 20.3 Å². The molecule has 7 nitrogen and oxygen atoms in total. The molecule has 0 radical (unpaired) electrons. The summed E-state index contributed by atoms with van der Waals surface area (Å²) in [4.78, 5) is 15.9. The number of hydrogen-bond donors (Lipinski definition) is 0. The first-order valence-corrected chi connectivity index (χ1v) is 13.2. The normalized spacial score (nSPS) is 12.8. The molecule has 0 bridgehead atoms. The van der Waals surface area contributed by atoms with E-state index >= 15 is 0 Å². The number of hydrogen-bond acceptors (Lipinski definition) is 7. The maximum atomic E-state index is 12.6. The van der Waals surface area contributed by atoms with Crippen LogP contribution in [0.4, 0.5) is 5.69 Å². The van der Waals surface area contributed by atoms with E-state index in [0.29, 0.717) is 11.6 Å². The number of nitrogens with zero attached hydrogens (tertiary/aromatic N) is 4. The molecule has 1 aliphatic rings. The summed E-state index contributed by atoms with van der Waals surface area (Å²) in [5, 5.41) is 9.09. The largest absolute Gasteiger partial charge is 0.497 e. The molecule has 0 amide bonds. The van der Waals surface area contributed by atoms with E-state index in [2.05, 4.69) is 64.7 Å². The molecule has 0 aliphatic carbocycles. The fourth-order valence-corrected chi connectivity index (χ4v) is 5.45. The van der Waals surface area contributed by atoms with E-state index in [1.165, 1.54) is 35.0 Å². The van der Waals surface area contributed by atoms with Gasteiger partial charge in [0, 0.05) is 24.2 Å². The van der Waals surface area contributed by atoms with Gasteiger partial charge in [0.25, 0.3) is 0 Å². The van der Waals surface area contributed by atoms with E-state index in [9.17, 15) is 4.79 Å². The fraction of sp³-hybridized carbons (Fsp3) is 0.276. The number of fused-ring (bicyclic) bond motifs is 1. The predicted molar refractivity (Wildman–Crippen MR) is 146 cm³/mol. The average Bonchev–Trinajstić information content (AvgIpc) is 3.31. The first-order valence-electron chi connectivity index (χ1n) is 12.4. The van der Waals surface area contributed by atoms with Gasteiger partial charge in [-0.05, 0) is 78.4 Å². The van der Waals surface area contributed by atoms with Crippen LogP contribution in [0.15, 0.2) is 76.7 Å². The van der Waals surface area contributed by atoms with Gasteiger partial charge in [-0.1, -0.05) is 47.3 Å². The van der Waals surface area contributed by atoms with Crippen LogP contribution in [0.25, 0.3) is 11.1 Å². The molecule has 8 heteroatoms. The summed E-state index contributed by atoms with van der Waals surface area (Å²) in [5.41, 5.74) is 6.35. The SMILES string of the molecule is CCOC(=O)c1nnn(Cc2ccc(OC)cc2)c1Sc1ccc(-c2ccc3c(c2)CCCN3C)cc1. The van der Waals surface area contributed by atoms with Crippen molar-refractivity contribution in [1.82, 2.24) is 15.0 Å². The van der Waals surface area contributed by atoms with Gasteiger partial charge in [-0.25, -0.2) is 9.48 Å². The smallest absolute Gasteiger partial charge is 0.361 e. The van der Waals surface area contributed by atoms with E-state index in [1.54, 1.807) is 18.7 Å². The van der Waals surface area contributed by atoms with Crippen LogP contribution in [0.5, 0.6) is 5.75 Å². The van der Waals surface area contributed by atoms with Gasteiger partial charge in [-0.2, -0.15) is 0 Å². The molecule has 4 aromatic rings. The topological polar surface area (TPSA) is 69.5 Å². The Kier molecular flexibility index (Phi) is 7.46. The van der Waals surface area contributed by atoms with Crippen LogP contribution in [-0.2, 0) is 17.7 Å². The lowest BCUT2D eigenvalue weighted by Gasteiger charge is -2.27. The van der Waals surface area contributed by atoms with Crippen LogP contribution in [0, 0.1) is 0 Å². The molecule has 0 N–H and O–H groups in total. The van der Waals surface area contributed by atoms with Crippen LogP contribution in [0.2, 0.25) is 0 Å². The molecule has 0 spiro atoms. The number of rotatable bonds is 8. The number of anilines is 1. The minimum absolute atomic E-state index is 0.225. The molecule has 5 rings (SSSR count). The molecule has 1 aliphatic heterocycles. The Morgan fingerprint density at radius 3 is 2.51 bits per heavy atom. The summed E-state index contributed by atoms with van der Waals surface area (Å²) >= 11 is 1.46. The van der Waals surface area contributed by atoms with Crippen LogP contribution in [-0.4, -0.2) is 48.3 Å². The number of methoxy groups -OCH3 is 1. The van der Waals surface area contributed by atoms with Crippen LogP contribution >= 0.6 is 11.8 Å². The number of benzene rings is 3. The third-order valence-electron chi connectivity index (χ3n) is 6.48. The third kappa shape index (κ3) is 5.49. The second-order valence-corrected chi connectivity index (χ2v) is 10.0. The van der Waals surface area contributed by atoms with E-state index < -0.39 is 5.97 Å². The van der Waals surface area contributed by atoms with Crippen LogP contribution < -0.4 is 9.64 Å². The highest BCUT2D eigenvalue weighted by atomic mass is 32.2. The summed E-state index contributed by atoms with van der Waals surface area (Å²) < 4.78 is 12.2. The van der Waals surface area contributed by atoms with Crippen molar-refractivity contribution in [2.75, 3.05) is 32.2 Å². The Labute approximate surface area is 221 Å². The average molecular weight is 515 g/mol. The maximum absolute atomic E-state index is 12.6. The molecule has 0 fully saturated rings. The summed E-state index contributed by atoms with van der Waals surface area (Å²) in [6, 6.07) is 22.9. The summed E-state index contributed by atoms with van der Waals surface area (Å²) in [7, 11) is 3.80. The van der Waals surface area contributed by atoms with Crippen molar-refractivity contribution >= 4 is 23.4 Å². The quantitative estimate of drug-likeness (QED) is 0.279. The minimum Gasteiger partial charge on any atom is -0.497 e. The Morgan fingerprint density at radius 2 is 1.78 bits per heavy atom. The molecular formula is C29H30N4O3S. The highest BCUT2D eigenvalue weighted by Gasteiger charge is 2.22. The number of esters is 1. The van der Waals surface area contributed by atoms with Crippen molar-refractivity contribution in [1.29, 1.82) is 0 Å². The Hall–Kier alpha value is -3.78. The van der Waals surface area contributed by atoms with Crippen molar-refractivity contribution in [2.24, 2.45) is 0 Å². The van der Waals surface area contributed by atoms with Crippen molar-refractivity contribution in [3.8, 4) is 16.9 Å². The first kappa shape index (κ1) is 24.9. The maximum Gasteiger partial charge on any atom is 0.361 e. The molecule has 0 atom stereocenters. The molecule has 1 aromatic heterocycles. The van der Waals surface area contributed by atoms with E-state index in [-0.39, 0.29) is 12.3 Å². The van der Waals surface area contributed by atoms with E-state index in [4.69, 9.17) is 9.47 Å². The minimum atomic E-state index is -0.471. The lowest BCUT2D eigenvalue weighted by molar-refractivity contribution is 0.0515. The van der Waals surface area contributed by atoms with Crippen molar-refractivity contribution < 1.29 is 14.3 Å². The second-order valence-electron chi connectivity index (χ2n) is 8.96. The highest BCUT2D eigenvalue weighted by Crippen LogP contribution is 2.34. The number of ether oxygens (including phenoxy) is 2. The molecule has 0 saturated carbocycles. The van der Waals surface area contributed by atoms with Crippen molar-refractivity contribution in [3.63, 3.8) is 0 Å². The number of aromatic nitrogens is 3. The summed E-state index contributed by atoms with van der Waals surface area (Å²) in [6.45, 7) is 3.64. The Balaban J connectivity index is 1.40. The van der Waals surface area contributed by atoms with Crippen LogP contribution in [0.3, 0.4) is 0 Å². The lowest BCUT2D eigenvalue weighted by atomic mass is 9.96. The predicted octanol–water partition coefficient (Wildman–Crippen LogP) is 5.71. The number of carbonyl (C=O) groups excluding carboxylic acids is 1. The molecule has 190 valence electrons. The zero-order valence-corrected chi connectivity index (χ0v) is 22.1. The van der Waals surface area contributed by atoms with Gasteiger partial charge in [0.2, 0.25) is 5.69 Å². The zero-order valence-electron chi connectivity index (χ0n) is 21.3. The highest BCUT2D eigenvalue weighted by molar-refractivity contribution is 7.99. The number of carbonyl (C=O) groups is 1. The summed E-state index contributed by atoms with van der Waals surface area (Å²) in [5.74, 6) is 0.316. The van der Waals surface area contributed by atoms with E-state index in [1.807, 2.05) is 24.3 Å².